The molecule has 0 unspecified atom stereocenters. The summed E-state index contributed by atoms with van der Waals surface area (Å²) in [6, 6.07) is 20.3. The van der Waals surface area contributed by atoms with Gasteiger partial charge in [-0.05, 0) is 79.6 Å². The number of carbonyl (C=O) groups is 2. The van der Waals surface area contributed by atoms with Crippen LogP contribution in [0, 0.1) is 18.7 Å². The second-order valence-electron chi connectivity index (χ2n) is 10.5. The van der Waals surface area contributed by atoms with Gasteiger partial charge in [0, 0.05) is 19.0 Å². The quantitative estimate of drug-likeness (QED) is 0.428. The van der Waals surface area contributed by atoms with Crippen LogP contribution in [-0.2, 0) is 22.6 Å². The van der Waals surface area contributed by atoms with Crippen molar-refractivity contribution >= 4 is 11.8 Å². The Labute approximate surface area is 224 Å². The van der Waals surface area contributed by atoms with Crippen molar-refractivity contribution in [1.82, 2.24) is 10.2 Å². The number of carbonyl (C=O) groups excluding carboxylic acids is 2. The fourth-order valence-corrected chi connectivity index (χ4v) is 5.75. The molecule has 0 spiro atoms. The molecule has 3 aromatic rings. The molecule has 0 bridgehead atoms. The Hall–Kier alpha value is -3.67. The summed E-state index contributed by atoms with van der Waals surface area (Å²) in [5, 5.41) is 2.82. The molecule has 3 aromatic carbocycles. The van der Waals surface area contributed by atoms with E-state index >= 15 is 0 Å². The zero-order chi connectivity index (χ0) is 26.6. The molecule has 0 saturated heterocycles. The molecule has 1 aliphatic heterocycles. The average molecular weight is 515 g/mol. The highest BCUT2D eigenvalue weighted by Gasteiger charge is 2.36. The Bertz CT molecular complexity index is 1320. The molecule has 1 saturated carbocycles. The normalized spacial score (nSPS) is 18.1. The second kappa shape index (κ2) is 11.4. The largest absolute Gasteiger partial charge is 0.481 e. The summed E-state index contributed by atoms with van der Waals surface area (Å²) in [4.78, 5) is 28.4. The predicted molar refractivity (Wildman–Crippen MR) is 145 cm³/mol. The Balaban J connectivity index is 1.37. The van der Waals surface area contributed by atoms with Crippen molar-refractivity contribution in [2.45, 2.75) is 64.6 Å². The maximum atomic E-state index is 13.7. The van der Waals surface area contributed by atoms with Crippen molar-refractivity contribution in [3.05, 3.63) is 100 Å². The lowest BCUT2D eigenvalue weighted by atomic mass is 9.86. The van der Waals surface area contributed by atoms with Gasteiger partial charge in [0.25, 0.3) is 5.91 Å². The molecule has 0 radical (unpaired) electrons. The van der Waals surface area contributed by atoms with Gasteiger partial charge in [-0.25, -0.2) is 4.39 Å². The van der Waals surface area contributed by atoms with Crippen LogP contribution in [0.1, 0.15) is 66.5 Å². The Morgan fingerprint density at radius 3 is 2.61 bits per heavy atom. The maximum absolute atomic E-state index is 13.7. The van der Waals surface area contributed by atoms with Gasteiger partial charge in [-0.2, -0.15) is 0 Å². The molecule has 38 heavy (non-hydrogen) atoms. The zero-order valence-corrected chi connectivity index (χ0v) is 22.1. The SMILES string of the molecule is Cc1cccc([C@@H]2c3cc(O[C@H](C)C(=O)NCc4cccc(F)c4)ccc3CCN2C(=O)C2CCCC2)c1. The molecule has 1 heterocycles. The zero-order valence-electron chi connectivity index (χ0n) is 22.1. The van der Waals surface area contributed by atoms with E-state index in [1.807, 2.05) is 18.2 Å². The van der Waals surface area contributed by atoms with Gasteiger partial charge in [0.2, 0.25) is 5.91 Å². The summed E-state index contributed by atoms with van der Waals surface area (Å²) in [7, 11) is 0. The van der Waals surface area contributed by atoms with E-state index in [1.165, 1.54) is 17.7 Å². The third-order valence-electron chi connectivity index (χ3n) is 7.73. The molecule has 5 nitrogen and oxygen atoms in total. The topological polar surface area (TPSA) is 58.6 Å². The number of fused-ring (bicyclic) bond motifs is 1. The summed E-state index contributed by atoms with van der Waals surface area (Å²) in [5.41, 5.74) is 5.18. The van der Waals surface area contributed by atoms with Gasteiger partial charge in [-0.1, -0.05) is 60.9 Å². The molecule has 1 fully saturated rings. The van der Waals surface area contributed by atoms with E-state index in [9.17, 15) is 14.0 Å². The third-order valence-corrected chi connectivity index (χ3v) is 7.73. The fourth-order valence-electron chi connectivity index (χ4n) is 5.75. The van der Waals surface area contributed by atoms with E-state index in [1.54, 1.807) is 19.1 Å². The van der Waals surface area contributed by atoms with Crippen LogP contribution in [0.25, 0.3) is 0 Å². The van der Waals surface area contributed by atoms with Gasteiger partial charge in [0.15, 0.2) is 6.10 Å². The molecule has 198 valence electrons. The van der Waals surface area contributed by atoms with E-state index in [0.29, 0.717) is 17.9 Å². The highest BCUT2D eigenvalue weighted by molar-refractivity contribution is 5.81. The summed E-state index contributed by atoms with van der Waals surface area (Å²) in [6.07, 6.45) is 4.22. The number of halogens is 1. The van der Waals surface area contributed by atoms with Crippen molar-refractivity contribution in [2.75, 3.05) is 6.54 Å². The van der Waals surface area contributed by atoms with Gasteiger partial charge in [0.1, 0.15) is 11.6 Å². The van der Waals surface area contributed by atoms with E-state index in [4.69, 9.17) is 4.74 Å². The van der Waals surface area contributed by atoms with Crippen LogP contribution in [0.2, 0.25) is 0 Å². The van der Waals surface area contributed by atoms with Gasteiger partial charge in [-0.15, -0.1) is 0 Å². The molecule has 1 aliphatic carbocycles. The molecule has 6 heteroatoms. The van der Waals surface area contributed by atoms with Crippen LogP contribution in [0.5, 0.6) is 5.75 Å². The van der Waals surface area contributed by atoms with Crippen LogP contribution in [0.15, 0.2) is 66.7 Å². The average Bonchev–Trinajstić information content (AvgIpc) is 3.46. The summed E-state index contributed by atoms with van der Waals surface area (Å²) in [6.45, 7) is 4.69. The van der Waals surface area contributed by atoms with Gasteiger partial charge < -0.3 is 15.0 Å². The Kier molecular flexibility index (Phi) is 7.77. The number of benzene rings is 3. The summed E-state index contributed by atoms with van der Waals surface area (Å²) < 4.78 is 19.5. The lowest BCUT2D eigenvalue weighted by Gasteiger charge is -2.39. The minimum atomic E-state index is -0.737. The van der Waals surface area contributed by atoms with Crippen molar-refractivity contribution in [3.8, 4) is 5.75 Å². The lowest BCUT2D eigenvalue weighted by Crippen LogP contribution is -2.43. The monoisotopic (exact) mass is 514 g/mol. The molecule has 2 aliphatic rings. The van der Waals surface area contributed by atoms with Crippen LogP contribution < -0.4 is 10.1 Å². The molecular weight excluding hydrogens is 479 g/mol. The first-order valence-corrected chi connectivity index (χ1v) is 13.6. The van der Waals surface area contributed by atoms with E-state index in [2.05, 4.69) is 41.4 Å². The van der Waals surface area contributed by atoms with Gasteiger partial charge >= 0.3 is 0 Å². The van der Waals surface area contributed by atoms with Gasteiger partial charge in [-0.3, -0.25) is 9.59 Å². The standard InChI is InChI=1S/C32H35FN2O3/c1-21-7-5-11-26(17-21)30-29-19-28(38-22(2)31(36)34-20-23-8-6-12-27(33)18-23)14-13-24(29)15-16-35(30)32(37)25-9-3-4-10-25/h5-8,11-14,17-19,22,25,30H,3-4,9-10,15-16,20H2,1-2H3,(H,34,36)/t22-,30-/m1/s1. The molecule has 0 aromatic heterocycles. The second-order valence-corrected chi connectivity index (χ2v) is 10.5. The van der Waals surface area contributed by atoms with Crippen LogP contribution in [0.3, 0.4) is 0 Å². The van der Waals surface area contributed by atoms with Crippen LogP contribution in [-0.4, -0.2) is 29.4 Å². The minimum Gasteiger partial charge on any atom is -0.481 e. The first-order chi connectivity index (χ1) is 18.4. The molecule has 2 amide bonds. The highest BCUT2D eigenvalue weighted by Crippen LogP contribution is 2.40. The number of hydrogen-bond donors (Lipinski definition) is 1. The van der Waals surface area contributed by atoms with Gasteiger partial charge in [0.05, 0.1) is 6.04 Å². The maximum Gasteiger partial charge on any atom is 0.261 e. The summed E-state index contributed by atoms with van der Waals surface area (Å²) in [5.74, 6) is 0.324. The molecule has 5 rings (SSSR count). The first-order valence-electron chi connectivity index (χ1n) is 13.6. The number of amides is 2. The third kappa shape index (κ3) is 5.74. The molecule has 2 atom stereocenters. The fraction of sp³-hybridized carbons (Fsp3) is 0.375. The van der Waals surface area contributed by atoms with Crippen molar-refractivity contribution < 1.29 is 18.7 Å². The van der Waals surface area contributed by atoms with Crippen molar-refractivity contribution in [2.24, 2.45) is 5.92 Å². The lowest BCUT2D eigenvalue weighted by molar-refractivity contribution is -0.137. The number of ether oxygens (including phenoxy) is 1. The van der Waals surface area contributed by atoms with Crippen LogP contribution >= 0.6 is 0 Å². The number of aryl methyl sites for hydroxylation is 1. The smallest absolute Gasteiger partial charge is 0.261 e. The highest BCUT2D eigenvalue weighted by atomic mass is 19.1. The summed E-state index contributed by atoms with van der Waals surface area (Å²) >= 11 is 0. The van der Waals surface area contributed by atoms with E-state index in [-0.39, 0.29) is 36.1 Å². The number of hydrogen-bond acceptors (Lipinski definition) is 3. The number of nitrogens with one attached hydrogen (secondary N) is 1. The predicted octanol–water partition coefficient (Wildman–Crippen LogP) is 5.88. The Morgan fingerprint density at radius 2 is 1.84 bits per heavy atom. The first kappa shape index (κ1) is 26.0. The molecule has 1 N–H and O–H groups in total. The van der Waals surface area contributed by atoms with E-state index < -0.39 is 6.10 Å². The van der Waals surface area contributed by atoms with Crippen molar-refractivity contribution in [3.63, 3.8) is 0 Å². The number of rotatable bonds is 7. The van der Waals surface area contributed by atoms with Crippen molar-refractivity contribution in [1.29, 1.82) is 0 Å². The van der Waals surface area contributed by atoms with Crippen LogP contribution in [0.4, 0.5) is 4.39 Å². The van der Waals surface area contributed by atoms with E-state index in [0.717, 1.165) is 48.8 Å². The molecular formula is C32H35FN2O3. The number of nitrogens with zero attached hydrogens (tertiary/aromatic N) is 1. The minimum absolute atomic E-state index is 0.102. The Morgan fingerprint density at radius 1 is 1.05 bits per heavy atom.